The van der Waals surface area contributed by atoms with Gasteiger partial charge in [0.05, 0.1) is 11.0 Å². The number of hydrogen-bond donors (Lipinski definition) is 2. The first kappa shape index (κ1) is 19.6. The zero-order valence-corrected chi connectivity index (χ0v) is 16.4. The smallest absolute Gasteiger partial charge is 0.244 e. The largest absolute Gasteiger partial charge is 0.356 e. The van der Waals surface area contributed by atoms with Crippen molar-refractivity contribution in [3.8, 4) is 0 Å². The molecule has 3 rings (SSSR count). The number of para-hydroxylation sites is 2. The molecule has 146 valence electrons. The monoisotopic (exact) mass is 378 g/mol. The van der Waals surface area contributed by atoms with Crippen LogP contribution in [0.25, 0.3) is 11.0 Å². The third-order valence-corrected chi connectivity index (χ3v) is 4.48. The Balaban J connectivity index is 1.74. The summed E-state index contributed by atoms with van der Waals surface area (Å²) < 4.78 is 1.92. The van der Waals surface area contributed by atoms with E-state index in [1.807, 2.05) is 66.9 Å². The average molecular weight is 378 g/mol. The second-order valence-electron chi connectivity index (χ2n) is 6.87. The molecule has 2 amide bonds. The van der Waals surface area contributed by atoms with Crippen molar-refractivity contribution < 1.29 is 9.59 Å². The van der Waals surface area contributed by atoms with Crippen LogP contribution < -0.4 is 10.6 Å². The number of imidazole rings is 1. The van der Waals surface area contributed by atoms with Gasteiger partial charge in [0.25, 0.3) is 0 Å². The van der Waals surface area contributed by atoms with Crippen molar-refractivity contribution in [3.05, 3.63) is 59.9 Å². The molecule has 0 atom stereocenters. The van der Waals surface area contributed by atoms with Gasteiger partial charge in [-0.05, 0) is 43.2 Å². The van der Waals surface area contributed by atoms with Crippen LogP contribution in [0.2, 0.25) is 0 Å². The number of rotatable bonds is 8. The van der Waals surface area contributed by atoms with Gasteiger partial charge in [-0.25, -0.2) is 4.98 Å². The number of nitrogens with one attached hydrogen (secondary N) is 2. The van der Waals surface area contributed by atoms with Gasteiger partial charge in [-0.2, -0.15) is 0 Å². The summed E-state index contributed by atoms with van der Waals surface area (Å²) in [6, 6.07) is 15.5. The molecule has 0 saturated carbocycles. The van der Waals surface area contributed by atoms with Crippen LogP contribution in [0.3, 0.4) is 0 Å². The molecule has 0 fully saturated rings. The summed E-state index contributed by atoms with van der Waals surface area (Å²) in [6.45, 7) is 4.64. The predicted octanol–water partition coefficient (Wildman–Crippen LogP) is 3.44. The highest BCUT2D eigenvalue weighted by molar-refractivity contribution is 5.91. The van der Waals surface area contributed by atoms with Crippen LogP contribution in [-0.2, 0) is 22.6 Å². The average Bonchev–Trinajstić information content (AvgIpc) is 2.99. The molecule has 28 heavy (non-hydrogen) atoms. The van der Waals surface area contributed by atoms with Gasteiger partial charge >= 0.3 is 0 Å². The third-order valence-electron chi connectivity index (χ3n) is 4.48. The van der Waals surface area contributed by atoms with E-state index in [0.29, 0.717) is 19.4 Å². The van der Waals surface area contributed by atoms with Crippen LogP contribution in [0.4, 0.5) is 5.69 Å². The van der Waals surface area contributed by atoms with Crippen molar-refractivity contribution in [1.29, 1.82) is 0 Å². The molecule has 0 spiro atoms. The zero-order chi connectivity index (χ0) is 19.9. The first-order valence-electron chi connectivity index (χ1n) is 9.64. The lowest BCUT2D eigenvalue weighted by atomic mass is 10.2. The Morgan fingerprint density at radius 3 is 2.68 bits per heavy atom. The van der Waals surface area contributed by atoms with Crippen LogP contribution in [0, 0.1) is 6.92 Å². The molecule has 0 aliphatic rings. The second kappa shape index (κ2) is 9.17. The topological polar surface area (TPSA) is 76.0 Å². The number of carbonyl (C=O) groups excluding carboxylic acids is 2. The van der Waals surface area contributed by atoms with Crippen molar-refractivity contribution >= 4 is 28.5 Å². The van der Waals surface area contributed by atoms with Crippen LogP contribution >= 0.6 is 0 Å². The van der Waals surface area contributed by atoms with Gasteiger partial charge in [0, 0.05) is 25.1 Å². The van der Waals surface area contributed by atoms with Crippen molar-refractivity contribution in [3.63, 3.8) is 0 Å². The molecule has 0 unspecified atom stereocenters. The number of hydrogen-bond acceptors (Lipinski definition) is 3. The molecule has 0 aliphatic carbocycles. The fourth-order valence-electron chi connectivity index (χ4n) is 3.19. The van der Waals surface area contributed by atoms with E-state index in [0.717, 1.165) is 34.5 Å². The first-order chi connectivity index (χ1) is 13.6. The highest BCUT2D eigenvalue weighted by Gasteiger charge is 2.14. The van der Waals surface area contributed by atoms with Gasteiger partial charge in [-0.1, -0.05) is 31.2 Å². The van der Waals surface area contributed by atoms with Crippen molar-refractivity contribution in [1.82, 2.24) is 14.9 Å². The summed E-state index contributed by atoms with van der Waals surface area (Å²) in [5.41, 5.74) is 3.63. The summed E-state index contributed by atoms with van der Waals surface area (Å²) >= 11 is 0. The minimum absolute atomic E-state index is 0.0438. The molecule has 1 aromatic heterocycles. The Bertz CT molecular complexity index is 978. The number of carbonyl (C=O) groups is 2. The SMILES string of the molecule is CCCC(=O)NCCc1nc2ccccc2n1CC(=O)Nc1cccc(C)c1. The zero-order valence-electron chi connectivity index (χ0n) is 16.4. The summed E-state index contributed by atoms with van der Waals surface area (Å²) in [5.74, 6) is 0.727. The molecule has 0 aliphatic heterocycles. The molecule has 2 N–H and O–H groups in total. The Kier molecular flexibility index (Phi) is 6.42. The highest BCUT2D eigenvalue weighted by atomic mass is 16.2. The van der Waals surface area contributed by atoms with Crippen LogP contribution in [0.5, 0.6) is 0 Å². The molecule has 2 aromatic carbocycles. The van der Waals surface area contributed by atoms with Gasteiger partial charge in [-0.15, -0.1) is 0 Å². The van der Waals surface area contributed by atoms with E-state index in [4.69, 9.17) is 0 Å². The van der Waals surface area contributed by atoms with Gasteiger partial charge < -0.3 is 15.2 Å². The van der Waals surface area contributed by atoms with Crippen LogP contribution in [0.1, 0.15) is 31.2 Å². The summed E-state index contributed by atoms with van der Waals surface area (Å²) in [5, 5.41) is 5.86. The molecule has 0 bridgehead atoms. The van der Waals surface area contributed by atoms with E-state index in [-0.39, 0.29) is 18.4 Å². The number of nitrogens with zero attached hydrogens (tertiary/aromatic N) is 2. The van der Waals surface area contributed by atoms with E-state index < -0.39 is 0 Å². The quantitative estimate of drug-likeness (QED) is 0.630. The lowest BCUT2D eigenvalue weighted by Gasteiger charge is -2.11. The summed E-state index contributed by atoms with van der Waals surface area (Å²) in [7, 11) is 0. The van der Waals surface area contributed by atoms with Crippen molar-refractivity contribution in [2.75, 3.05) is 11.9 Å². The molecule has 0 radical (unpaired) electrons. The van der Waals surface area contributed by atoms with Crippen LogP contribution in [-0.4, -0.2) is 27.9 Å². The van der Waals surface area contributed by atoms with E-state index >= 15 is 0 Å². The molecular formula is C22H26N4O2. The van der Waals surface area contributed by atoms with Crippen molar-refractivity contribution in [2.24, 2.45) is 0 Å². The van der Waals surface area contributed by atoms with Crippen LogP contribution in [0.15, 0.2) is 48.5 Å². The predicted molar refractivity (Wildman–Crippen MR) is 111 cm³/mol. The number of aryl methyl sites for hydroxylation is 1. The van der Waals surface area contributed by atoms with E-state index in [2.05, 4.69) is 15.6 Å². The maximum absolute atomic E-state index is 12.6. The number of anilines is 1. The molecule has 6 nitrogen and oxygen atoms in total. The molecule has 3 aromatic rings. The van der Waals surface area contributed by atoms with Gasteiger partial charge in [0.1, 0.15) is 12.4 Å². The third kappa shape index (κ3) is 4.97. The Hall–Kier alpha value is -3.15. The van der Waals surface area contributed by atoms with Gasteiger partial charge in [0.2, 0.25) is 11.8 Å². The maximum Gasteiger partial charge on any atom is 0.244 e. The normalized spacial score (nSPS) is 10.8. The fourth-order valence-corrected chi connectivity index (χ4v) is 3.19. The van der Waals surface area contributed by atoms with E-state index in [9.17, 15) is 9.59 Å². The number of fused-ring (bicyclic) bond motifs is 1. The molecule has 1 heterocycles. The van der Waals surface area contributed by atoms with Gasteiger partial charge in [0.15, 0.2) is 0 Å². The first-order valence-corrected chi connectivity index (χ1v) is 9.64. The Morgan fingerprint density at radius 1 is 1.07 bits per heavy atom. The lowest BCUT2D eigenvalue weighted by molar-refractivity contribution is -0.121. The Morgan fingerprint density at radius 2 is 1.89 bits per heavy atom. The standard InChI is InChI=1S/C22H26N4O2/c1-3-7-21(27)23-13-12-20-25-18-10-4-5-11-19(18)26(20)15-22(28)24-17-9-6-8-16(2)14-17/h4-6,8-11,14H,3,7,12-13,15H2,1-2H3,(H,23,27)(H,24,28). The van der Waals surface area contributed by atoms with Gasteiger partial charge in [-0.3, -0.25) is 9.59 Å². The highest BCUT2D eigenvalue weighted by Crippen LogP contribution is 2.17. The number of amides is 2. The maximum atomic E-state index is 12.6. The minimum atomic E-state index is -0.106. The summed E-state index contributed by atoms with van der Waals surface area (Å²) in [6.07, 6.45) is 1.92. The lowest BCUT2D eigenvalue weighted by Crippen LogP contribution is -2.27. The molecule has 0 saturated heterocycles. The second-order valence-corrected chi connectivity index (χ2v) is 6.87. The number of aromatic nitrogens is 2. The summed E-state index contributed by atoms with van der Waals surface area (Å²) in [4.78, 5) is 29.0. The minimum Gasteiger partial charge on any atom is -0.356 e. The molecular weight excluding hydrogens is 352 g/mol. The van der Waals surface area contributed by atoms with E-state index in [1.54, 1.807) is 0 Å². The van der Waals surface area contributed by atoms with E-state index in [1.165, 1.54) is 0 Å². The fraction of sp³-hybridized carbons (Fsp3) is 0.318. The Labute approximate surface area is 165 Å². The number of benzene rings is 2. The molecule has 6 heteroatoms. The van der Waals surface area contributed by atoms with Crippen molar-refractivity contribution in [2.45, 2.75) is 39.7 Å².